The molecule has 5 heteroatoms. The molecule has 1 amide bonds. The molecule has 0 aromatic heterocycles. The Hall–Kier alpha value is -0.840. The van der Waals surface area contributed by atoms with Crippen molar-refractivity contribution in [2.45, 2.75) is 0 Å². The normalized spacial score (nSPS) is 16.4. The van der Waals surface area contributed by atoms with Gasteiger partial charge in [0, 0.05) is 4.47 Å². The van der Waals surface area contributed by atoms with Crippen LogP contribution in [0.3, 0.4) is 0 Å². The predicted molar refractivity (Wildman–Crippen MR) is 80.8 cm³/mol. The van der Waals surface area contributed by atoms with Gasteiger partial charge in [0.15, 0.2) is 0 Å². The first-order valence-corrected chi connectivity index (χ1v) is 7.47. The lowest BCUT2D eigenvalue weighted by atomic mass is 10.2. The van der Waals surface area contributed by atoms with Gasteiger partial charge in [0.1, 0.15) is 0 Å². The monoisotopic (exact) mass is 343 g/mol. The van der Waals surface area contributed by atoms with Crippen LogP contribution in [0.1, 0.15) is 10.4 Å². The van der Waals surface area contributed by atoms with Gasteiger partial charge in [0.25, 0.3) is 5.91 Å². The summed E-state index contributed by atoms with van der Waals surface area (Å²) < 4.78 is 0.871. The van der Waals surface area contributed by atoms with Crippen molar-refractivity contribution in [1.29, 1.82) is 0 Å². The Kier molecular flexibility index (Phi) is 5.02. The summed E-state index contributed by atoms with van der Waals surface area (Å²) in [6, 6.07) is 5.37. The standard InChI is InChI=1S/C14H16BrClN2O/c1-2-5-17-6-8-18(9-7-17)14(19)12-10-11(15)3-4-13(12)16/h2-4,10H,1,5-9H2/p+1. The third-order valence-electron chi connectivity index (χ3n) is 3.35. The minimum Gasteiger partial charge on any atom is -0.329 e. The van der Waals surface area contributed by atoms with E-state index in [-0.39, 0.29) is 5.91 Å². The van der Waals surface area contributed by atoms with Gasteiger partial charge in [0.05, 0.1) is 43.3 Å². The van der Waals surface area contributed by atoms with Gasteiger partial charge in [-0.25, -0.2) is 0 Å². The third kappa shape index (κ3) is 3.59. The molecule has 1 saturated heterocycles. The molecule has 0 spiro atoms. The average molecular weight is 345 g/mol. The number of halogens is 2. The first kappa shape index (κ1) is 14.6. The Morgan fingerprint density at radius 3 is 2.79 bits per heavy atom. The number of hydrogen-bond acceptors (Lipinski definition) is 1. The number of piperazine rings is 1. The van der Waals surface area contributed by atoms with Crippen LogP contribution < -0.4 is 4.90 Å². The van der Waals surface area contributed by atoms with E-state index >= 15 is 0 Å². The van der Waals surface area contributed by atoms with Crippen LogP contribution in [0.2, 0.25) is 5.02 Å². The minimum absolute atomic E-state index is 0.0175. The Labute approximate surface area is 127 Å². The van der Waals surface area contributed by atoms with Gasteiger partial charge in [-0.1, -0.05) is 34.1 Å². The van der Waals surface area contributed by atoms with E-state index in [9.17, 15) is 4.79 Å². The van der Waals surface area contributed by atoms with Crippen LogP contribution in [-0.2, 0) is 0 Å². The summed E-state index contributed by atoms with van der Waals surface area (Å²) in [5.74, 6) is 0.0175. The van der Waals surface area contributed by atoms with E-state index in [1.807, 2.05) is 17.0 Å². The van der Waals surface area contributed by atoms with Crippen molar-refractivity contribution in [2.75, 3.05) is 32.7 Å². The maximum atomic E-state index is 12.4. The molecule has 102 valence electrons. The quantitative estimate of drug-likeness (QED) is 0.828. The number of benzene rings is 1. The fourth-order valence-electron chi connectivity index (χ4n) is 2.27. The SMILES string of the molecule is C=CC[NH+]1CCN(C(=O)c2cc(Br)ccc2Cl)CC1. The van der Waals surface area contributed by atoms with Crippen molar-refractivity contribution >= 4 is 33.4 Å². The van der Waals surface area contributed by atoms with Crippen LogP contribution in [-0.4, -0.2) is 43.5 Å². The average Bonchev–Trinajstić information content (AvgIpc) is 2.42. The van der Waals surface area contributed by atoms with E-state index in [2.05, 4.69) is 22.5 Å². The number of hydrogen-bond donors (Lipinski definition) is 1. The number of nitrogens with one attached hydrogen (secondary N) is 1. The van der Waals surface area contributed by atoms with Crippen LogP contribution in [0, 0.1) is 0 Å². The number of carbonyl (C=O) groups is 1. The molecule has 1 heterocycles. The number of nitrogens with zero attached hydrogens (tertiary/aromatic N) is 1. The number of rotatable bonds is 3. The first-order valence-electron chi connectivity index (χ1n) is 6.30. The maximum absolute atomic E-state index is 12.4. The summed E-state index contributed by atoms with van der Waals surface area (Å²) in [5, 5.41) is 0.508. The van der Waals surface area contributed by atoms with E-state index in [0.717, 1.165) is 37.2 Å². The summed E-state index contributed by atoms with van der Waals surface area (Å²) in [6.07, 6.45) is 1.93. The molecule has 1 N–H and O–H groups in total. The van der Waals surface area contributed by atoms with E-state index in [4.69, 9.17) is 11.6 Å². The van der Waals surface area contributed by atoms with E-state index in [0.29, 0.717) is 10.6 Å². The molecule has 0 aliphatic carbocycles. The molecular weight excluding hydrogens is 328 g/mol. The van der Waals surface area contributed by atoms with Gasteiger partial charge in [-0.2, -0.15) is 0 Å². The van der Waals surface area contributed by atoms with Crippen molar-refractivity contribution in [3.05, 3.63) is 45.9 Å². The molecule has 1 aromatic carbocycles. The Balaban J connectivity index is 2.05. The van der Waals surface area contributed by atoms with Crippen molar-refractivity contribution in [3.63, 3.8) is 0 Å². The Morgan fingerprint density at radius 1 is 1.47 bits per heavy atom. The van der Waals surface area contributed by atoms with Crippen LogP contribution in [0.15, 0.2) is 35.3 Å². The summed E-state index contributed by atoms with van der Waals surface area (Å²) in [5.41, 5.74) is 0.572. The number of carbonyl (C=O) groups excluding carboxylic acids is 1. The molecule has 0 bridgehead atoms. The molecule has 1 fully saturated rings. The highest BCUT2D eigenvalue weighted by atomic mass is 79.9. The second-order valence-electron chi connectivity index (χ2n) is 4.66. The lowest BCUT2D eigenvalue weighted by Crippen LogP contribution is -3.14. The largest absolute Gasteiger partial charge is 0.329 e. The van der Waals surface area contributed by atoms with Crippen LogP contribution in [0.4, 0.5) is 0 Å². The fraction of sp³-hybridized carbons (Fsp3) is 0.357. The molecule has 1 aromatic rings. The fourth-order valence-corrected chi connectivity index (χ4v) is 2.83. The molecule has 0 radical (unpaired) electrons. The van der Waals surface area contributed by atoms with Crippen molar-refractivity contribution < 1.29 is 9.69 Å². The molecular formula is C14H17BrClN2O+. The van der Waals surface area contributed by atoms with Crippen molar-refractivity contribution in [3.8, 4) is 0 Å². The second kappa shape index (κ2) is 6.55. The molecule has 0 unspecified atom stereocenters. The van der Waals surface area contributed by atoms with Crippen LogP contribution in [0.5, 0.6) is 0 Å². The number of amides is 1. The minimum atomic E-state index is 0.0175. The zero-order valence-corrected chi connectivity index (χ0v) is 13.0. The van der Waals surface area contributed by atoms with E-state index in [1.165, 1.54) is 4.90 Å². The highest BCUT2D eigenvalue weighted by molar-refractivity contribution is 9.10. The van der Waals surface area contributed by atoms with Crippen molar-refractivity contribution in [1.82, 2.24) is 4.90 Å². The molecule has 19 heavy (non-hydrogen) atoms. The van der Waals surface area contributed by atoms with Gasteiger partial charge in [0.2, 0.25) is 0 Å². The number of quaternary nitrogens is 1. The topological polar surface area (TPSA) is 24.8 Å². The summed E-state index contributed by atoms with van der Waals surface area (Å²) in [7, 11) is 0. The van der Waals surface area contributed by atoms with E-state index < -0.39 is 0 Å². The Bertz CT molecular complexity index is 484. The zero-order valence-electron chi connectivity index (χ0n) is 10.7. The lowest BCUT2D eigenvalue weighted by Gasteiger charge is -2.31. The summed E-state index contributed by atoms with van der Waals surface area (Å²) in [4.78, 5) is 15.8. The molecule has 0 atom stereocenters. The van der Waals surface area contributed by atoms with Gasteiger partial charge in [-0.15, -0.1) is 0 Å². The van der Waals surface area contributed by atoms with Gasteiger partial charge >= 0.3 is 0 Å². The zero-order chi connectivity index (χ0) is 13.8. The Morgan fingerprint density at radius 2 is 2.16 bits per heavy atom. The van der Waals surface area contributed by atoms with Crippen LogP contribution in [0.25, 0.3) is 0 Å². The molecule has 1 aliphatic rings. The highest BCUT2D eigenvalue weighted by Crippen LogP contribution is 2.22. The molecule has 2 rings (SSSR count). The smallest absolute Gasteiger partial charge is 0.255 e. The van der Waals surface area contributed by atoms with Crippen molar-refractivity contribution in [2.24, 2.45) is 0 Å². The lowest BCUT2D eigenvalue weighted by molar-refractivity contribution is -0.898. The molecule has 1 aliphatic heterocycles. The highest BCUT2D eigenvalue weighted by Gasteiger charge is 2.25. The molecule has 3 nitrogen and oxygen atoms in total. The first-order chi connectivity index (χ1) is 9.11. The van der Waals surface area contributed by atoms with E-state index in [1.54, 1.807) is 12.1 Å². The summed E-state index contributed by atoms with van der Waals surface area (Å²) in [6.45, 7) is 8.17. The van der Waals surface area contributed by atoms with Crippen LogP contribution >= 0.6 is 27.5 Å². The van der Waals surface area contributed by atoms with Gasteiger partial charge in [-0.3, -0.25) is 4.79 Å². The van der Waals surface area contributed by atoms with Gasteiger partial charge < -0.3 is 9.80 Å². The molecule has 0 saturated carbocycles. The summed E-state index contributed by atoms with van der Waals surface area (Å²) >= 11 is 9.48. The maximum Gasteiger partial charge on any atom is 0.255 e. The predicted octanol–water partition coefficient (Wildman–Crippen LogP) is 1.63. The van der Waals surface area contributed by atoms with Gasteiger partial charge in [-0.05, 0) is 24.3 Å². The second-order valence-corrected chi connectivity index (χ2v) is 5.98. The third-order valence-corrected chi connectivity index (χ3v) is 4.17.